The van der Waals surface area contributed by atoms with Gasteiger partial charge in [-0.3, -0.25) is 4.90 Å². The van der Waals surface area contributed by atoms with Crippen molar-refractivity contribution in [3.8, 4) is 0 Å². The van der Waals surface area contributed by atoms with E-state index in [2.05, 4.69) is 18.7 Å². The van der Waals surface area contributed by atoms with Crippen molar-refractivity contribution in [1.82, 2.24) is 4.90 Å². The minimum Gasteiger partial charge on any atom is -0.326 e. The molecular weight excluding hydrogens is 124 g/mol. The molecule has 60 valence electrons. The maximum absolute atomic E-state index is 5.78. The summed E-state index contributed by atoms with van der Waals surface area (Å²) < 4.78 is 0. The highest BCUT2D eigenvalue weighted by Gasteiger charge is 2.21. The highest BCUT2D eigenvalue weighted by Crippen LogP contribution is 2.12. The van der Waals surface area contributed by atoms with Crippen molar-refractivity contribution in [2.24, 2.45) is 5.73 Å². The van der Waals surface area contributed by atoms with Crippen LogP contribution < -0.4 is 5.73 Å². The van der Waals surface area contributed by atoms with Crippen molar-refractivity contribution in [2.45, 2.75) is 38.8 Å². The van der Waals surface area contributed by atoms with E-state index in [9.17, 15) is 0 Å². The Bertz CT molecular complexity index is 103. The summed E-state index contributed by atoms with van der Waals surface area (Å²) >= 11 is 0. The minimum atomic E-state index is 0.439. The monoisotopic (exact) mass is 142 g/mol. The van der Waals surface area contributed by atoms with E-state index >= 15 is 0 Å². The summed E-state index contributed by atoms with van der Waals surface area (Å²) in [7, 11) is 0. The molecule has 0 saturated carbocycles. The third-order valence-electron chi connectivity index (χ3n) is 2.47. The Morgan fingerprint density at radius 2 is 2.40 bits per heavy atom. The van der Waals surface area contributed by atoms with Gasteiger partial charge in [0.15, 0.2) is 0 Å². The standard InChI is InChI=1S/C8H18N2/c1-3-7(2)10-5-4-8(9)6-10/h7-8H,3-6,9H2,1-2H3/t7-,8+/m0/s1. The van der Waals surface area contributed by atoms with Crippen LogP contribution in [0.25, 0.3) is 0 Å². The Labute approximate surface area is 63.4 Å². The molecule has 1 saturated heterocycles. The summed E-state index contributed by atoms with van der Waals surface area (Å²) in [6.07, 6.45) is 2.43. The highest BCUT2D eigenvalue weighted by molar-refractivity contribution is 4.80. The van der Waals surface area contributed by atoms with Crippen molar-refractivity contribution in [1.29, 1.82) is 0 Å². The van der Waals surface area contributed by atoms with Crippen molar-refractivity contribution in [2.75, 3.05) is 13.1 Å². The summed E-state index contributed by atoms with van der Waals surface area (Å²) in [4.78, 5) is 2.48. The summed E-state index contributed by atoms with van der Waals surface area (Å²) in [5, 5.41) is 0. The Balaban J connectivity index is 2.29. The maximum atomic E-state index is 5.78. The van der Waals surface area contributed by atoms with E-state index < -0.39 is 0 Å². The van der Waals surface area contributed by atoms with E-state index in [0.717, 1.165) is 12.6 Å². The average molecular weight is 142 g/mol. The van der Waals surface area contributed by atoms with Crippen molar-refractivity contribution >= 4 is 0 Å². The molecule has 0 spiro atoms. The molecule has 0 aliphatic carbocycles. The highest BCUT2D eigenvalue weighted by atomic mass is 15.2. The number of likely N-dealkylation sites (tertiary alicyclic amines) is 1. The van der Waals surface area contributed by atoms with Gasteiger partial charge in [0, 0.05) is 18.6 Å². The first-order valence-electron chi connectivity index (χ1n) is 4.23. The lowest BCUT2D eigenvalue weighted by Crippen LogP contribution is -2.33. The van der Waals surface area contributed by atoms with Gasteiger partial charge in [0.2, 0.25) is 0 Å². The Morgan fingerprint density at radius 3 is 2.80 bits per heavy atom. The van der Waals surface area contributed by atoms with Crippen LogP contribution in [0.2, 0.25) is 0 Å². The molecule has 1 fully saturated rings. The molecule has 2 heteroatoms. The van der Waals surface area contributed by atoms with Gasteiger partial charge in [-0.1, -0.05) is 6.92 Å². The summed E-state index contributed by atoms with van der Waals surface area (Å²) in [5.74, 6) is 0. The van der Waals surface area contributed by atoms with Crippen molar-refractivity contribution < 1.29 is 0 Å². The molecule has 0 unspecified atom stereocenters. The van der Waals surface area contributed by atoms with Crippen LogP contribution in [0.5, 0.6) is 0 Å². The zero-order valence-electron chi connectivity index (χ0n) is 7.01. The topological polar surface area (TPSA) is 29.3 Å². The molecule has 0 bridgehead atoms. The van der Waals surface area contributed by atoms with Gasteiger partial charge in [0.25, 0.3) is 0 Å². The molecule has 1 rings (SSSR count). The number of nitrogens with two attached hydrogens (primary N) is 1. The largest absolute Gasteiger partial charge is 0.326 e. The second kappa shape index (κ2) is 3.35. The minimum absolute atomic E-state index is 0.439. The molecule has 2 atom stereocenters. The lowest BCUT2D eigenvalue weighted by Gasteiger charge is -2.22. The van der Waals surface area contributed by atoms with Gasteiger partial charge in [0.05, 0.1) is 0 Å². The third kappa shape index (κ3) is 1.70. The lowest BCUT2D eigenvalue weighted by atomic mass is 10.2. The number of rotatable bonds is 2. The number of nitrogens with zero attached hydrogens (tertiary/aromatic N) is 1. The SMILES string of the molecule is CC[C@H](C)N1CC[C@@H](N)C1. The molecular formula is C8H18N2. The quantitative estimate of drug-likeness (QED) is 0.618. The van der Waals surface area contributed by atoms with Gasteiger partial charge in [0.1, 0.15) is 0 Å². The van der Waals surface area contributed by atoms with E-state index in [1.807, 2.05) is 0 Å². The van der Waals surface area contributed by atoms with E-state index in [4.69, 9.17) is 5.73 Å². The van der Waals surface area contributed by atoms with E-state index in [1.165, 1.54) is 19.4 Å². The molecule has 0 aromatic carbocycles. The zero-order valence-corrected chi connectivity index (χ0v) is 7.01. The first kappa shape index (κ1) is 8.02. The molecule has 0 amide bonds. The van der Waals surface area contributed by atoms with Crippen LogP contribution in [0.3, 0.4) is 0 Å². The molecule has 0 aromatic heterocycles. The normalized spacial score (nSPS) is 30.9. The van der Waals surface area contributed by atoms with Gasteiger partial charge in [-0.25, -0.2) is 0 Å². The smallest absolute Gasteiger partial charge is 0.0180 e. The molecule has 1 aliphatic rings. The zero-order chi connectivity index (χ0) is 7.56. The van der Waals surface area contributed by atoms with Gasteiger partial charge in [-0.15, -0.1) is 0 Å². The number of hydrogen-bond acceptors (Lipinski definition) is 2. The first-order valence-corrected chi connectivity index (χ1v) is 4.23. The first-order chi connectivity index (χ1) is 4.74. The molecule has 0 aromatic rings. The second-order valence-electron chi connectivity index (χ2n) is 3.30. The van der Waals surface area contributed by atoms with Gasteiger partial charge in [-0.05, 0) is 26.3 Å². The van der Waals surface area contributed by atoms with Crippen LogP contribution in [-0.4, -0.2) is 30.1 Å². The van der Waals surface area contributed by atoms with Crippen LogP contribution in [0.4, 0.5) is 0 Å². The average Bonchev–Trinajstić information content (AvgIpc) is 2.34. The Hall–Kier alpha value is -0.0800. The van der Waals surface area contributed by atoms with E-state index in [1.54, 1.807) is 0 Å². The molecule has 2 nitrogen and oxygen atoms in total. The van der Waals surface area contributed by atoms with Gasteiger partial charge < -0.3 is 5.73 Å². The summed E-state index contributed by atoms with van der Waals surface area (Å²) in [6, 6.07) is 1.17. The fourth-order valence-electron chi connectivity index (χ4n) is 1.47. The molecule has 10 heavy (non-hydrogen) atoms. The fraction of sp³-hybridized carbons (Fsp3) is 1.00. The molecule has 1 heterocycles. The number of hydrogen-bond donors (Lipinski definition) is 1. The maximum Gasteiger partial charge on any atom is 0.0180 e. The third-order valence-corrected chi connectivity index (χ3v) is 2.47. The fourth-order valence-corrected chi connectivity index (χ4v) is 1.47. The van der Waals surface area contributed by atoms with Gasteiger partial charge in [-0.2, -0.15) is 0 Å². The van der Waals surface area contributed by atoms with Crippen molar-refractivity contribution in [3.05, 3.63) is 0 Å². The van der Waals surface area contributed by atoms with Crippen LogP contribution in [-0.2, 0) is 0 Å². The van der Waals surface area contributed by atoms with Crippen LogP contribution in [0, 0.1) is 0 Å². The van der Waals surface area contributed by atoms with Gasteiger partial charge >= 0.3 is 0 Å². The van der Waals surface area contributed by atoms with Crippen molar-refractivity contribution in [3.63, 3.8) is 0 Å². The predicted octanol–water partition coefficient (Wildman–Crippen LogP) is 0.818. The van der Waals surface area contributed by atoms with Crippen LogP contribution in [0.1, 0.15) is 26.7 Å². The lowest BCUT2D eigenvalue weighted by molar-refractivity contribution is 0.250. The molecule has 2 N–H and O–H groups in total. The summed E-state index contributed by atoms with van der Waals surface area (Å²) in [5.41, 5.74) is 5.78. The summed E-state index contributed by atoms with van der Waals surface area (Å²) in [6.45, 7) is 6.82. The molecule has 1 aliphatic heterocycles. The molecule has 0 radical (unpaired) electrons. The van der Waals surface area contributed by atoms with E-state index in [0.29, 0.717) is 6.04 Å². The van der Waals surface area contributed by atoms with E-state index in [-0.39, 0.29) is 0 Å². The Kier molecular flexibility index (Phi) is 2.69. The predicted molar refractivity (Wildman–Crippen MR) is 43.9 cm³/mol. The Morgan fingerprint density at radius 1 is 1.70 bits per heavy atom. The van der Waals surface area contributed by atoms with Crippen LogP contribution in [0.15, 0.2) is 0 Å². The van der Waals surface area contributed by atoms with Crippen LogP contribution >= 0.6 is 0 Å². The second-order valence-corrected chi connectivity index (χ2v) is 3.30.